The van der Waals surface area contributed by atoms with E-state index >= 15 is 0 Å². The summed E-state index contributed by atoms with van der Waals surface area (Å²) in [7, 11) is 4.22. The average Bonchev–Trinajstić information content (AvgIpc) is 3.02. The van der Waals surface area contributed by atoms with Crippen molar-refractivity contribution in [3.05, 3.63) is 35.4 Å². The predicted molar refractivity (Wildman–Crippen MR) is 68.3 cm³/mol. The van der Waals surface area contributed by atoms with Gasteiger partial charge in [-0.3, -0.25) is 0 Å². The van der Waals surface area contributed by atoms with Crippen LogP contribution in [-0.2, 0) is 13.1 Å². The summed E-state index contributed by atoms with van der Waals surface area (Å²) in [5.74, 6) is 0.977. The van der Waals surface area contributed by atoms with Crippen LogP contribution in [0, 0.1) is 5.92 Å². The molecule has 0 spiro atoms. The van der Waals surface area contributed by atoms with E-state index in [0.717, 1.165) is 19.0 Å². The van der Waals surface area contributed by atoms with E-state index in [4.69, 9.17) is 0 Å². The van der Waals surface area contributed by atoms with Gasteiger partial charge in [0.05, 0.1) is 0 Å². The predicted octanol–water partition coefficient (Wildman–Crippen LogP) is 2.25. The number of rotatable bonds is 6. The fourth-order valence-electron chi connectivity index (χ4n) is 2.16. The van der Waals surface area contributed by atoms with Gasteiger partial charge in [0.1, 0.15) is 0 Å². The first kappa shape index (κ1) is 11.6. The van der Waals surface area contributed by atoms with E-state index in [0.29, 0.717) is 0 Å². The van der Waals surface area contributed by atoms with E-state index in [-0.39, 0.29) is 0 Å². The van der Waals surface area contributed by atoms with Crippen molar-refractivity contribution in [3.63, 3.8) is 0 Å². The van der Waals surface area contributed by atoms with E-state index in [1.165, 1.54) is 30.5 Å². The van der Waals surface area contributed by atoms with Gasteiger partial charge in [-0.05, 0) is 44.0 Å². The Balaban J connectivity index is 1.88. The summed E-state index contributed by atoms with van der Waals surface area (Å²) in [5, 5.41) is 3.19. The highest BCUT2D eigenvalue weighted by molar-refractivity contribution is 5.23. The Morgan fingerprint density at radius 1 is 1.31 bits per heavy atom. The second-order valence-corrected chi connectivity index (χ2v) is 4.99. The molecule has 2 rings (SSSR count). The third-order valence-corrected chi connectivity index (χ3v) is 3.09. The second-order valence-electron chi connectivity index (χ2n) is 4.99. The van der Waals surface area contributed by atoms with Crippen molar-refractivity contribution < 1.29 is 0 Å². The Bertz CT molecular complexity index is 331. The molecule has 1 aliphatic carbocycles. The number of benzene rings is 1. The number of nitrogens with zero attached hydrogens (tertiary/aromatic N) is 1. The topological polar surface area (TPSA) is 15.3 Å². The molecular weight excluding hydrogens is 196 g/mol. The zero-order valence-electron chi connectivity index (χ0n) is 10.4. The highest BCUT2D eigenvalue weighted by Crippen LogP contribution is 2.29. The van der Waals surface area contributed by atoms with Crippen LogP contribution < -0.4 is 5.32 Å². The molecule has 0 aliphatic heterocycles. The lowest BCUT2D eigenvalue weighted by Crippen LogP contribution is -2.20. The van der Waals surface area contributed by atoms with Gasteiger partial charge in [0.15, 0.2) is 0 Å². The number of hydrogen-bond acceptors (Lipinski definition) is 2. The lowest BCUT2D eigenvalue weighted by Gasteiger charge is -2.16. The molecule has 1 N–H and O–H groups in total. The lowest BCUT2D eigenvalue weighted by atomic mass is 10.1. The van der Waals surface area contributed by atoms with Crippen molar-refractivity contribution in [1.29, 1.82) is 0 Å². The Hall–Kier alpha value is -0.860. The molecule has 0 saturated heterocycles. The minimum Gasteiger partial charge on any atom is -0.316 e. The number of nitrogens with one attached hydrogen (secondary N) is 1. The van der Waals surface area contributed by atoms with Crippen molar-refractivity contribution in [2.24, 2.45) is 5.92 Å². The summed E-state index contributed by atoms with van der Waals surface area (Å²) < 4.78 is 0. The molecule has 0 atom stereocenters. The molecular formula is C14H22N2. The van der Waals surface area contributed by atoms with Crippen LogP contribution in [0.3, 0.4) is 0 Å². The van der Waals surface area contributed by atoms with Gasteiger partial charge in [-0.15, -0.1) is 0 Å². The van der Waals surface area contributed by atoms with Crippen molar-refractivity contribution in [2.75, 3.05) is 20.6 Å². The minimum atomic E-state index is 0.959. The van der Waals surface area contributed by atoms with Crippen molar-refractivity contribution >= 4 is 0 Å². The van der Waals surface area contributed by atoms with Crippen LogP contribution in [0.15, 0.2) is 24.3 Å². The summed E-state index contributed by atoms with van der Waals surface area (Å²) in [6, 6.07) is 8.87. The molecule has 1 saturated carbocycles. The quantitative estimate of drug-likeness (QED) is 0.788. The van der Waals surface area contributed by atoms with E-state index < -0.39 is 0 Å². The summed E-state index contributed by atoms with van der Waals surface area (Å²) in [6.07, 6.45) is 2.87. The number of hydrogen-bond donors (Lipinski definition) is 1. The van der Waals surface area contributed by atoms with Gasteiger partial charge < -0.3 is 10.2 Å². The van der Waals surface area contributed by atoms with Crippen LogP contribution in [0.4, 0.5) is 0 Å². The molecule has 2 heteroatoms. The normalized spacial score (nSPS) is 15.7. The Morgan fingerprint density at radius 3 is 2.75 bits per heavy atom. The molecule has 0 unspecified atom stereocenters. The molecule has 0 radical (unpaired) electrons. The molecule has 1 aliphatic rings. The van der Waals surface area contributed by atoms with Crippen LogP contribution in [-0.4, -0.2) is 25.5 Å². The summed E-state index contributed by atoms with van der Waals surface area (Å²) >= 11 is 0. The zero-order chi connectivity index (χ0) is 11.4. The van der Waals surface area contributed by atoms with Crippen molar-refractivity contribution in [3.8, 4) is 0 Å². The minimum absolute atomic E-state index is 0.959. The highest BCUT2D eigenvalue weighted by Gasteiger charge is 2.22. The fourth-order valence-corrected chi connectivity index (χ4v) is 2.16. The SMILES string of the molecule is CNCc1cccc(CN(C)CC2CC2)c1. The highest BCUT2D eigenvalue weighted by atomic mass is 15.1. The maximum Gasteiger partial charge on any atom is 0.0230 e. The van der Waals surface area contributed by atoms with Crippen LogP contribution in [0.25, 0.3) is 0 Å². The molecule has 88 valence electrons. The van der Waals surface area contributed by atoms with Gasteiger partial charge in [-0.1, -0.05) is 24.3 Å². The van der Waals surface area contributed by atoms with Gasteiger partial charge in [-0.2, -0.15) is 0 Å². The largest absolute Gasteiger partial charge is 0.316 e. The van der Waals surface area contributed by atoms with E-state index in [1.807, 2.05) is 7.05 Å². The maximum atomic E-state index is 3.19. The standard InChI is InChI=1S/C14H22N2/c1-15-9-13-4-3-5-14(8-13)11-16(2)10-12-6-7-12/h3-5,8,12,15H,6-7,9-11H2,1-2H3. The molecule has 2 nitrogen and oxygen atoms in total. The third-order valence-electron chi connectivity index (χ3n) is 3.09. The average molecular weight is 218 g/mol. The first-order valence-corrected chi connectivity index (χ1v) is 6.19. The van der Waals surface area contributed by atoms with Gasteiger partial charge in [0, 0.05) is 19.6 Å². The molecule has 1 aromatic rings. The first-order chi connectivity index (χ1) is 7.78. The van der Waals surface area contributed by atoms with Crippen LogP contribution in [0.2, 0.25) is 0 Å². The maximum absolute atomic E-state index is 3.19. The molecule has 0 heterocycles. The Kier molecular flexibility index (Phi) is 3.97. The fraction of sp³-hybridized carbons (Fsp3) is 0.571. The van der Waals surface area contributed by atoms with Crippen LogP contribution in [0.5, 0.6) is 0 Å². The molecule has 1 aromatic carbocycles. The van der Waals surface area contributed by atoms with Crippen LogP contribution >= 0.6 is 0 Å². The summed E-state index contributed by atoms with van der Waals surface area (Å²) in [5.41, 5.74) is 2.80. The van der Waals surface area contributed by atoms with Gasteiger partial charge in [0.25, 0.3) is 0 Å². The van der Waals surface area contributed by atoms with Gasteiger partial charge >= 0.3 is 0 Å². The second kappa shape index (κ2) is 5.46. The van der Waals surface area contributed by atoms with Gasteiger partial charge in [0.2, 0.25) is 0 Å². The van der Waals surface area contributed by atoms with Crippen molar-refractivity contribution in [2.45, 2.75) is 25.9 Å². The zero-order valence-corrected chi connectivity index (χ0v) is 10.4. The molecule has 0 amide bonds. The van der Waals surface area contributed by atoms with Gasteiger partial charge in [-0.25, -0.2) is 0 Å². The summed E-state index contributed by atoms with van der Waals surface area (Å²) in [6.45, 7) is 3.30. The third kappa shape index (κ3) is 3.62. The summed E-state index contributed by atoms with van der Waals surface area (Å²) in [4.78, 5) is 2.44. The lowest BCUT2D eigenvalue weighted by molar-refractivity contribution is 0.313. The van der Waals surface area contributed by atoms with Crippen LogP contribution in [0.1, 0.15) is 24.0 Å². The van der Waals surface area contributed by atoms with E-state index in [2.05, 4.69) is 41.5 Å². The molecule has 1 fully saturated rings. The molecule has 0 bridgehead atoms. The molecule has 16 heavy (non-hydrogen) atoms. The smallest absolute Gasteiger partial charge is 0.0230 e. The Morgan fingerprint density at radius 2 is 2.06 bits per heavy atom. The van der Waals surface area contributed by atoms with E-state index in [9.17, 15) is 0 Å². The van der Waals surface area contributed by atoms with E-state index in [1.54, 1.807) is 0 Å². The Labute approximate surface area is 98.7 Å². The molecule has 0 aromatic heterocycles. The first-order valence-electron chi connectivity index (χ1n) is 6.19. The van der Waals surface area contributed by atoms with Crippen molar-refractivity contribution in [1.82, 2.24) is 10.2 Å². The monoisotopic (exact) mass is 218 g/mol.